The molecule has 20 heavy (non-hydrogen) atoms. The van der Waals surface area contributed by atoms with E-state index in [1.54, 1.807) is 0 Å². The van der Waals surface area contributed by atoms with Crippen molar-refractivity contribution in [1.82, 2.24) is 5.32 Å². The molecule has 0 unspecified atom stereocenters. The average molecular weight is 275 g/mol. The van der Waals surface area contributed by atoms with Crippen molar-refractivity contribution in [2.75, 3.05) is 13.2 Å². The predicted molar refractivity (Wildman–Crippen MR) is 75.7 cm³/mol. The second kappa shape index (κ2) is 5.83. The van der Waals surface area contributed by atoms with Gasteiger partial charge in [-0.15, -0.1) is 0 Å². The van der Waals surface area contributed by atoms with Gasteiger partial charge in [0, 0.05) is 12.1 Å². The van der Waals surface area contributed by atoms with E-state index in [1.807, 2.05) is 24.3 Å². The van der Waals surface area contributed by atoms with E-state index in [0.717, 1.165) is 24.2 Å². The molecule has 1 aliphatic heterocycles. The van der Waals surface area contributed by atoms with Crippen LogP contribution in [0.5, 0.6) is 5.75 Å². The Morgan fingerprint density at radius 1 is 1.35 bits per heavy atom. The maximum atomic E-state index is 12.2. The van der Waals surface area contributed by atoms with Gasteiger partial charge in [-0.05, 0) is 24.8 Å². The second-order valence-electron chi connectivity index (χ2n) is 5.76. The molecule has 1 aromatic rings. The number of para-hydroxylation sites is 1. The van der Waals surface area contributed by atoms with E-state index in [0.29, 0.717) is 19.1 Å². The Labute approximate surface area is 119 Å². The summed E-state index contributed by atoms with van der Waals surface area (Å²) in [7, 11) is 0. The maximum absolute atomic E-state index is 12.2. The summed E-state index contributed by atoms with van der Waals surface area (Å²) in [6.07, 6.45) is 4.12. The Hall–Kier alpha value is -1.55. The van der Waals surface area contributed by atoms with E-state index in [9.17, 15) is 9.90 Å². The molecule has 2 aliphatic rings. The van der Waals surface area contributed by atoms with Crippen LogP contribution in [-0.4, -0.2) is 30.3 Å². The number of hydrogen-bond donors (Lipinski definition) is 2. The van der Waals surface area contributed by atoms with E-state index < -0.39 is 6.10 Å². The van der Waals surface area contributed by atoms with Crippen LogP contribution in [-0.2, 0) is 4.79 Å². The van der Waals surface area contributed by atoms with Crippen LogP contribution in [0.4, 0.5) is 0 Å². The quantitative estimate of drug-likeness (QED) is 0.881. The van der Waals surface area contributed by atoms with Gasteiger partial charge in [0.2, 0.25) is 5.91 Å². The number of carbonyl (C=O) groups is 1. The van der Waals surface area contributed by atoms with Crippen molar-refractivity contribution in [2.45, 2.75) is 37.7 Å². The molecule has 1 fully saturated rings. The highest BCUT2D eigenvalue weighted by atomic mass is 16.5. The molecule has 4 nitrogen and oxygen atoms in total. The highest BCUT2D eigenvalue weighted by Gasteiger charge is 2.31. The maximum Gasteiger partial charge on any atom is 0.231 e. The number of rotatable bonds is 4. The number of ether oxygens (including phenoxy) is 1. The minimum atomic E-state index is -0.418. The van der Waals surface area contributed by atoms with Gasteiger partial charge >= 0.3 is 0 Å². The Balaban J connectivity index is 1.55. The summed E-state index contributed by atoms with van der Waals surface area (Å²) in [6.45, 7) is 0.743. The number of aliphatic hydroxyl groups is 1. The number of carbonyl (C=O) groups excluding carboxylic acids is 1. The summed E-state index contributed by atoms with van der Waals surface area (Å²) < 4.78 is 5.52. The van der Waals surface area contributed by atoms with Gasteiger partial charge in [0.1, 0.15) is 18.3 Å². The molecular formula is C16H21NO3. The minimum absolute atomic E-state index is 0.0491. The van der Waals surface area contributed by atoms with Gasteiger partial charge in [0.25, 0.3) is 0 Å². The van der Waals surface area contributed by atoms with Crippen LogP contribution in [0.25, 0.3) is 0 Å². The molecule has 0 radical (unpaired) electrons. The zero-order valence-corrected chi connectivity index (χ0v) is 11.5. The van der Waals surface area contributed by atoms with Crippen LogP contribution in [0, 0.1) is 5.92 Å². The van der Waals surface area contributed by atoms with E-state index in [2.05, 4.69) is 5.32 Å². The fraction of sp³-hybridized carbons (Fsp3) is 0.562. The van der Waals surface area contributed by atoms with Gasteiger partial charge in [-0.1, -0.05) is 31.0 Å². The molecular weight excluding hydrogens is 254 g/mol. The van der Waals surface area contributed by atoms with Crippen LogP contribution >= 0.6 is 0 Å². The first-order chi connectivity index (χ1) is 9.75. The fourth-order valence-electron chi connectivity index (χ4n) is 3.22. The van der Waals surface area contributed by atoms with Gasteiger partial charge in [-0.2, -0.15) is 0 Å². The fourth-order valence-corrected chi connectivity index (χ4v) is 3.22. The molecule has 1 amide bonds. The first-order valence-electron chi connectivity index (χ1n) is 7.43. The third kappa shape index (κ3) is 2.66. The van der Waals surface area contributed by atoms with Gasteiger partial charge < -0.3 is 15.2 Å². The predicted octanol–water partition coefficient (Wildman–Crippen LogP) is 1.83. The first-order valence-corrected chi connectivity index (χ1v) is 7.43. The molecule has 0 bridgehead atoms. The van der Waals surface area contributed by atoms with Crippen molar-refractivity contribution in [3.63, 3.8) is 0 Å². The zero-order chi connectivity index (χ0) is 13.9. The Morgan fingerprint density at radius 3 is 2.90 bits per heavy atom. The van der Waals surface area contributed by atoms with Crippen molar-refractivity contribution in [3.05, 3.63) is 29.8 Å². The standard InChI is InChI=1S/C16H21NO3/c18-14(11-5-1-2-6-11)9-17-16(19)13-10-20-15-8-4-3-7-12(13)15/h3-4,7-8,11,13-14,18H,1-2,5-6,9-10H2,(H,17,19)/t13-,14-/m0/s1. The van der Waals surface area contributed by atoms with Crippen LogP contribution in [0.3, 0.4) is 0 Å². The second-order valence-corrected chi connectivity index (χ2v) is 5.76. The first kappa shape index (κ1) is 13.4. The number of fused-ring (bicyclic) bond motifs is 1. The molecule has 1 heterocycles. The molecule has 3 rings (SSSR count). The molecule has 1 aliphatic carbocycles. The van der Waals surface area contributed by atoms with Crippen molar-refractivity contribution in [2.24, 2.45) is 5.92 Å². The van der Waals surface area contributed by atoms with Crippen LogP contribution in [0.15, 0.2) is 24.3 Å². The van der Waals surface area contributed by atoms with Gasteiger partial charge in [0.05, 0.1) is 6.10 Å². The molecule has 108 valence electrons. The van der Waals surface area contributed by atoms with Gasteiger partial charge in [-0.3, -0.25) is 4.79 Å². The van der Waals surface area contributed by atoms with Crippen molar-refractivity contribution in [1.29, 1.82) is 0 Å². The molecule has 0 saturated heterocycles. The number of aliphatic hydroxyl groups excluding tert-OH is 1. The minimum Gasteiger partial charge on any atom is -0.492 e. The third-order valence-corrected chi connectivity index (χ3v) is 4.45. The van der Waals surface area contributed by atoms with E-state index in [-0.39, 0.29) is 11.8 Å². The van der Waals surface area contributed by atoms with Crippen LogP contribution in [0.1, 0.15) is 37.2 Å². The lowest BCUT2D eigenvalue weighted by Crippen LogP contribution is -2.38. The topological polar surface area (TPSA) is 58.6 Å². The lowest BCUT2D eigenvalue weighted by molar-refractivity contribution is -0.123. The summed E-state index contributed by atoms with van der Waals surface area (Å²) in [6, 6.07) is 7.64. The van der Waals surface area contributed by atoms with Crippen molar-refractivity contribution < 1.29 is 14.6 Å². The van der Waals surface area contributed by atoms with E-state index in [4.69, 9.17) is 4.74 Å². The van der Waals surface area contributed by atoms with Crippen LogP contribution < -0.4 is 10.1 Å². The molecule has 0 spiro atoms. The molecule has 0 aromatic heterocycles. The van der Waals surface area contributed by atoms with Crippen LogP contribution in [0.2, 0.25) is 0 Å². The molecule has 4 heteroatoms. The zero-order valence-electron chi connectivity index (χ0n) is 11.5. The van der Waals surface area contributed by atoms with Gasteiger partial charge in [0.15, 0.2) is 0 Å². The summed E-state index contributed by atoms with van der Waals surface area (Å²) in [5, 5.41) is 13.0. The molecule has 2 N–H and O–H groups in total. The number of nitrogens with one attached hydrogen (secondary N) is 1. The number of benzene rings is 1. The van der Waals surface area contributed by atoms with Gasteiger partial charge in [-0.25, -0.2) is 0 Å². The summed E-state index contributed by atoms with van der Waals surface area (Å²) in [5.41, 5.74) is 0.945. The number of hydrogen-bond acceptors (Lipinski definition) is 3. The molecule has 1 aromatic carbocycles. The highest BCUT2D eigenvalue weighted by molar-refractivity contribution is 5.85. The molecule has 1 saturated carbocycles. The Bertz CT molecular complexity index is 482. The Kier molecular flexibility index (Phi) is 3.92. The lowest BCUT2D eigenvalue weighted by atomic mass is 9.99. The Morgan fingerprint density at radius 2 is 2.10 bits per heavy atom. The summed E-state index contributed by atoms with van der Waals surface area (Å²) in [5.74, 6) is 0.848. The monoisotopic (exact) mass is 275 g/mol. The lowest BCUT2D eigenvalue weighted by Gasteiger charge is -2.19. The molecule has 2 atom stereocenters. The summed E-state index contributed by atoms with van der Waals surface area (Å²) in [4.78, 5) is 12.2. The van der Waals surface area contributed by atoms with Crippen molar-refractivity contribution >= 4 is 5.91 Å². The summed E-state index contributed by atoms with van der Waals surface area (Å²) >= 11 is 0. The number of amides is 1. The largest absolute Gasteiger partial charge is 0.492 e. The smallest absolute Gasteiger partial charge is 0.231 e. The van der Waals surface area contributed by atoms with E-state index in [1.165, 1.54) is 12.8 Å². The van der Waals surface area contributed by atoms with E-state index >= 15 is 0 Å². The normalized spacial score (nSPS) is 23.1. The SMILES string of the molecule is O=C(NC[C@H](O)C1CCCC1)[C@H]1COc2ccccc21. The highest BCUT2D eigenvalue weighted by Crippen LogP contribution is 2.33. The third-order valence-electron chi connectivity index (χ3n) is 4.45. The van der Waals surface area contributed by atoms with Crippen molar-refractivity contribution in [3.8, 4) is 5.75 Å². The average Bonchev–Trinajstić information content (AvgIpc) is 3.13.